The van der Waals surface area contributed by atoms with Crippen LogP contribution in [0.5, 0.6) is 0 Å². The van der Waals surface area contributed by atoms with Crippen molar-refractivity contribution in [2.45, 2.75) is 50.7 Å². The lowest BCUT2D eigenvalue weighted by molar-refractivity contribution is -0.118. The predicted octanol–water partition coefficient (Wildman–Crippen LogP) is 5.81. The molecule has 2 aliphatic heterocycles. The number of aromatic nitrogens is 1. The second-order valence-electron chi connectivity index (χ2n) is 11.3. The van der Waals surface area contributed by atoms with Crippen molar-refractivity contribution in [2.24, 2.45) is 0 Å². The Bertz CT molecular complexity index is 1510. The molecule has 2 aliphatic rings. The molecular weight excluding hydrogens is 498 g/mol. The zero-order valence-corrected chi connectivity index (χ0v) is 23.2. The number of para-hydroxylation sites is 1. The summed E-state index contributed by atoms with van der Waals surface area (Å²) in [5, 5.41) is 7.30. The summed E-state index contributed by atoms with van der Waals surface area (Å²) in [7, 11) is 2.09. The number of rotatable bonds is 6. The van der Waals surface area contributed by atoms with E-state index >= 15 is 0 Å². The number of piperidine rings is 1. The van der Waals surface area contributed by atoms with Crippen LogP contribution in [0.2, 0.25) is 0 Å². The van der Waals surface area contributed by atoms with Gasteiger partial charge in [-0.25, -0.2) is 4.79 Å². The van der Waals surface area contributed by atoms with Crippen molar-refractivity contribution in [1.29, 1.82) is 0 Å². The van der Waals surface area contributed by atoms with Gasteiger partial charge in [-0.05, 0) is 66.3 Å². The number of carbonyl (C=O) groups excluding carboxylic acids is 2. The van der Waals surface area contributed by atoms with Crippen LogP contribution in [0.25, 0.3) is 10.9 Å². The van der Waals surface area contributed by atoms with Crippen molar-refractivity contribution in [2.75, 3.05) is 25.5 Å². The molecule has 6 rings (SSSR count). The molecule has 7 heteroatoms. The fraction of sp³-hybridized carbons (Fsp3) is 0.333. The largest absolute Gasteiger partial charge is 0.361 e. The van der Waals surface area contributed by atoms with E-state index < -0.39 is 6.04 Å². The SMILES string of the molecule is C[C@@H](c1c[nH]c2ccccc12)[C@@H](NC(=O)N1CCC(c2ccccc2)CC1)C(=O)Nc1ccc2c(c1)CN(C)C2. The Morgan fingerprint density at radius 2 is 1.65 bits per heavy atom. The fourth-order valence-electron chi connectivity index (χ4n) is 6.30. The van der Waals surface area contributed by atoms with Gasteiger partial charge in [-0.2, -0.15) is 0 Å². The van der Waals surface area contributed by atoms with E-state index in [-0.39, 0.29) is 17.9 Å². The number of carbonyl (C=O) groups is 2. The molecule has 206 valence electrons. The van der Waals surface area contributed by atoms with E-state index in [0.29, 0.717) is 19.0 Å². The van der Waals surface area contributed by atoms with E-state index in [4.69, 9.17) is 0 Å². The molecular formula is C33H37N5O2. The molecule has 40 heavy (non-hydrogen) atoms. The number of hydrogen-bond acceptors (Lipinski definition) is 3. The number of nitrogens with zero attached hydrogens (tertiary/aromatic N) is 2. The maximum atomic E-state index is 13.8. The quantitative estimate of drug-likeness (QED) is 0.291. The third-order valence-electron chi connectivity index (χ3n) is 8.58. The molecule has 1 aromatic heterocycles. The van der Waals surface area contributed by atoms with Crippen molar-refractivity contribution in [3.63, 3.8) is 0 Å². The fourth-order valence-corrected chi connectivity index (χ4v) is 6.30. The van der Waals surface area contributed by atoms with Crippen molar-refractivity contribution < 1.29 is 9.59 Å². The second kappa shape index (κ2) is 11.2. The van der Waals surface area contributed by atoms with Crippen LogP contribution < -0.4 is 10.6 Å². The van der Waals surface area contributed by atoms with E-state index in [9.17, 15) is 9.59 Å². The highest BCUT2D eigenvalue weighted by Crippen LogP contribution is 2.31. The molecule has 1 saturated heterocycles. The van der Waals surface area contributed by atoms with Crippen molar-refractivity contribution in [3.8, 4) is 0 Å². The summed E-state index contributed by atoms with van der Waals surface area (Å²) in [6, 6.07) is 23.8. The van der Waals surface area contributed by atoms with Gasteiger partial charge in [-0.15, -0.1) is 0 Å². The highest BCUT2D eigenvalue weighted by Gasteiger charge is 2.33. The van der Waals surface area contributed by atoms with Gasteiger partial charge in [-0.3, -0.25) is 9.69 Å². The first-order chi connectivity index (χ1) is 19.5. The van der Waals surface area contributed by atoms with Gasteiger partial charge < -0.3 is 20.5 Å². The standard InChI is InChI=1S/C33H37N5O2/c1-22(29-19-34-30-11-7-6-10-28(29)30)31(32(39)35-27-13-12-25-20-37(2)21-26(25)18-27)36-33(40)38-16-14-24(15-17-38)23-8-4-3-5-9-23/h3-13,18-19,22,24,31,34H,14-17,20-21H2,1-2H3,(H,35,39)(H,36,40)/t22-,31+/m0/s1. The van der Waals surface area contributed by atoms with Crippen LogP contribution in [-0.4, -0.2) is 52.9 Å². The van der Waals surface area contributed by atoms with Gasteiger partial charge in [0.05, 0.1) is 0 Å². The van der Waals surface area contributed by atoms with Gasteiger partial charge in [0.15, 0.2) is 0 Å². The van der Waals surface area contributed by atoms with Crippen LogP contribution in [0.4, 0.5) is 10.5 Å². The number of hydrogen-bond donors (Lipinski definition) is 3. The molecule has 0 saturated carbocycles. The van der Waals surface area contributed by atoms with Crippen LogP contribution in [0, 0.1) is 0 Å². The number of nitrogens with one attached hydrogen (secondary N) is 3. The molecule has 2 atom stereocenters. The highest BCUT2D eigenvalue weighted by atomic mass is 16.2. The summed E-state index contributed by atoms with van der Waals surface area (Å²) < 4.78 is 0. The van der Waals surface area contributed by atoms with Crippen LogP contribution in [-0.2, 0) is 17.9 Å². The number of fused-ring (bicyclic) bond motifs is 2. The predicted molar refractivity (Wildman–Crippen MR) is 159 cm³/mol. The molecule has 0 unspecified atom stereocenters. The Balaban J connectivity index is 1.20. The summed E-state index contributed by atoms with van der Waals surface area (Å²) in [6.45, 7) is 5.13. The van der Waals surface area contributed by atoms with E-state index in [1.54, 1.807) is 0 Å². The molecule has 0 spiro atoms. The molecule has 3 N–H and O–H groups in total. The third kappa shape index (κ3) is 5.34. The monoisotopic (exact) mass is 535 g/mol. The minimum absolute atomic E-state index is 0.186. The zero-order chi connectivity index (χ0) is 27.6. The Hall–Kier alpha value is -4.10. The van der Waals surface area contributed by atoms with Gasteiger partial charge in [0.1, 0.15) is 6.04 Å². The topological polar surface area (TPSA) is 80.5 Å². The molecule has 4 aromatic rings. The lowest BCUT2D eigenvalue weighted by Gasteiger charge is -2.34. The van der Waals surface area contributed by atoms with E-state index in [2.05, 4.69) is 70.0 Å². The van der Waals surface area contributed by atoms with E-state index in [1.165, 1.54) is 16.7 Å². The minimum Gasteiger partial charge on any atom is -0.361 e. The number of amides is 3. The van der Waals surface area contributed by atoms with Crippen LogP contribution in [0.3, 0.4) is 0 Å². The van der Waals surface area contributed by atoms with Gasteiger partial charge in [0.2, 0.25) is 5.91 Å². The molecule has 7 nitrogen and oxygen atoms in total. The summed E-state index contributed by atoms with van der Waals surface area (Å²) in [6.07, 6.45) is 3.78. The lowest BCUT2D eigenvalue weighted by Crippen LogP contribution is -2.53. The Morgan fingerprint density at radius 1 is 0.925 bits per heavy atom. The van der Waals surface area contributed by atoms with Crippen molar-refractivity contribution >= 4 is 28.5 Å². The first kappa shape index (κ1) is 26.1. The first-order valence-electron chi connectivity index (χ1n) is 14.2. The van der Waals surface area contributed by atoms with Gasteiger partial charge >= 0.3 is 6.03 Å². The summed E-state index contributed by atoms with van der Waals surface area (Å²) >= 11 is 0. The van der Waals surface area contributed by atoms with Gasteiger partial charge in [0.25, 0.3) is 0 Å². The number of anilines is 1. The van der Waals surface area contributed by atoms with Gasteiger partial charge in [-0.1, -0.05) is 61.5 Å². The summed E-state index contributed by atoms with van der Waals surface area (Å²) in [5.41, 5.74) is 6.62. The molecule has 3 aromatic carbocycles. The Kier molecular flexibility index (Phi) is 7.30. The molecule has 0 radical (unpaired) electrons. The molecule has 0 aliphatic carbocycles. The average molecular weight is 536 g/mol. The van der Waals surface area contributed by atoms with E-state index in [1.807, 2.05) is 48.4 Å². The van der Waals surface area contributed by atoms with E-state index in [0.717, 1.165) is 48.1 Å². The van der Waals surface area contributed by atoms with Crippen LogP contribution >= 0.6 is 0 Å². The maximum Gasteiger partial charge on any atom is 0.318 e. The van der Waals surface area contributed by atoms with Gasteiger partial charge in [0, 0.05) is 54.9 Å². The lowest BCUT2D eigenvalue weighted by atomic mass is 9.89. The zero-order valence-electron chi connectivity index (χ0n) is 23.2. The number of urea groups is 1. The Labute approximate surface area is 235 Å². The smallest absolute Gasteiger partial charge is 0.318 e. The third-order valence-corrected chi connectivity index (χ3v) is 8.58. The minimum atomic E-state index is -0.741. The molecule has 3 amide bonds. The number of aromatic amines is 1. The molecule has 3 heterocycles. The highest BCUT2D eigenvalue weighted by molar-refractivity contribution is 5.98. The number of benzene rings is 3. The second-order valence-corrected chi connectivity index (χ2v) is 11.3. The first-order valence-corrected chi connectivity index (χ1v) is 14.2. The van der Waals surface area contributed by atoms with Crippen LogP contribution in [0.1, 0.15) is 53.9 Å². The number of H-pyrrole nitrogens is 1. The summed E-state index contributed by atoms with van der Waals surface area (Å²) in [4.78, 5) is 34.8. The normalized spacial score (nSPS) is 17.4. The van der Waals surface area contributed by atoms with Crippen LogP contribution in [0.15, 0.2) is 79.0 Å². The van der Waals surface area contributed by atoms with Crippen molar-refractivity contribution in [1.82, 2.24) is 20.1 Å². The average Bonchev–Trinajstić information content (AvgIpc) is 3.58. The van der Waals surface area contributed by atoms with Crippen molar-refractivity contribution in [3.05, 3.63) is 101 Å². The maximum absolute atomic E-state index is 13.8. The summed E-state index contributed by atoms with van der Waals surface area (Å²) in [5.74, 6) is -0.00698. The number of likely N-dealkylation sites (tertiary alicyclic amines) is 1. The molecule has 0 bridgehead atoms. The Morgan fingerprint density at radius 3 is 2.45 bits per heavy atom. The molecule has 1 fully saturated rings.